The van der Waals surface area contributed by atoms with E-state index in [1.807, 2.05) is 67.7 Å². The number of benzene rings is 2. The van der Waals surface area contributed by atoms with E-state index in [-0.39, 0.29) is 6.03 Å². The van der Waals surface area contributed by atoms with Gasteiger partial charge in [0.05, 0.1) is 11.1 Å². The fourth-order valence-electron chi connectivity index (χ4n) is 3.02. The molecule has 1 heterocycles. The van der Waals surface area contributed by atoms with Crippen LogP contribution in [-0.2, 0) is 5.54 Å². The minimum atomic E-state index is -0.627. The molecule has 3 rings (SSSR count). The monoisotopic (exact) mass is 319 g/mol. The lowest BCUT2D eigenvalue weighted by atomic mass is 9.83. The van der Waals surface area contributed by atoms with Gasteiger partial charge in [-0.2, -0.15) is 0 Å². The van der Waals surface area contributed by atoms with Crippen molar-refractivity contribution in [3.63, 3.8) is 0 Å². The van der Waals surface area contributed by atoms with Crippen molar-refractivity contribution in [3.05, 3.63) is 78.0 Å². The SMILES string of the molecule is CNC(=O)N(C)[C@@](C)(c1ccccc1)c1cnc2ccccc2c1. The first-order valence-electron chi connectivity index (χ1n) is 7.93. The van der Waals surface area contributed by atoms with Gasteiger partial charge in [-0.05, 0) is 24.6 Å². The van der Waals surface area contributed by atoms with Crippen LogP contribution >= 0.6 is 0 Å². The molecule has 1 aromatic heterocycles. The second kappa shape index (κ2) is 6.32. The standard InChI is InChI=1S/C20H21N3O/c1-20(23(3)19(24)21-2,16-10-5-4-6-11-16)17-13-15-9-7-8-12-18(15)22-14-17/h4-14H,1-3H3,(H,21,24)/t20-/m0/s1. The number of nitrogens with zero attached hydrogens (tertiary/aromatic N) is 2. The van der Waals surface area contributed by atoms with Gasteiger partial charge in [-0.3, -0.25) is 4.98 Å². The maximum Gasteiger partial charge on any atom is 0.317 e. The van der Waals surface area contributed by atoms with Crippen molar-refractivity contribution in [2.45, 2.75) is 12.5 Å². The van der Waals surface area contributed by atoms with Crippen molar-refractivity contribution in [2.75, 3.05) is 14.1 Å². The number of hydrogen-bond donors (Lipinski definition) is 1. The Morgan fingerprint density at radius 1 is 1.04 bits per heavy atom. The van der Waals surface area contributed by atoms with Crippen molar-refractivity contribution < 1.29 is 4.79 Å². The van der Waals surface area contributed by atoms with Crippen molar-refractivity contribution in [1.29, 1.82) is 0 Å². The van der Waals surface area contributed by atoms with Crippen molar-refractivity contribution in [1.82, 2.24) is 15.2 Å². The van der Waals surface area contributed by atoms with Crippen LogP contribution in [0.1, 0.15) is 18.1 Å². The zero-order chi connectivity index (χ0) is 17.2. The van der Waals surface area contributed by atoms with E-state index >= 15 is 0 Å². The summed E-state index contributed by atoms with van der Waals surface area (Å²) in [7, 11) is 3.45. The van der Waals surface area contributed by atoms with Crippen LogP contribution in [0.15, 0.2) is 66.9 Å². The average molecular weight is 319 g/mol. The van der Waals surface area contributed by atoms with E-state index in [0.717, 1.165) is 22.0 Å². The molecule has 4 nitrogen and oxygen atoms in total. The quantitative estimate of drug-likeness (QED) is 0.799. The predicted molar refractivity (Wildman–Crippen MR) is 96.9 cm³/mol. The van der Waals surface area contributed by atoms with Gasteiger partial charge in [0.25, 0.3) is 0 Å². The number of hydrogen-bond acceptors (Lipinski definition) is 2. The van der Waals surface area contributed by atoms with Crippen LogP contribution in [-0.4, -0.2) is 30.0 Å². The van der Waals surface area contributed by atoms with Gasteiger partial charge in [-0.25, -0.2) is 4.79 Å². The molecule has 0 aliphatic heterocycles. The Kier molecular flexibility index (Phi) is 4.21. The highest BCUT2D eigenvalue weighted by molar-refractivity contribution is 5.80. The second-order valence-corrected chi connectivity index (χ2v) is 5.97. The fraction of sp³-hybridized carbons (Fsp3) is 0.200. The third-order valence-electron chi connectivity index (χ3n) is 4.68. The van der Waals surface area contributed by atoms with Gasteiger partial charge in [0.1, 0.15) is 0 Å². The number of para-hydroxylation sites is 1. The Bertz CT molecular complexity index is 863. The van der Waals surface area contributed by atoms with Crippen molar-refractivity contribution in [3.8, 4) is 0 Å². The summed E-state index contributed by atoms with van der Waals surface area (Å²) in [6.45, 7) is 2.04. The number of rotatable bonds is 3. The van der Waals surface area contributed by atoms with Gasteiger partial charge in [0.15, 0.2) is 0 Å². The van der Waals surface area contributed by atoms with Gasteiger partial charge in [-0.1, -0.05) is 48.5 Å². The molecule has 2 amide bonds. The minimum absolute atomic E-state index is 0.144. The van der Waals surface area contributed by atoms with E-state index in [1.165, 1.54) is 0 Å². The van der Waals surface area contributed by atoms with Crippen LogP contribution in [0.4, 0.5) is 4.79 Å². The van der Waals surface area contributed by atoms with Gasteiger partial charge in [-0.15, -0.1) is 0 Å². The molecule has 1 N–H and O–H groups in total. The summed E-state index contributed by atoms with van der Waals surface area (Å²) < 4.78 is 0. The zero-order valence-electron chi connectivity index (χ0n) is 14.2. The normalized spacial score (nSPS) is 13.3. The number of carbonyl (C=O) groups excluding carboxylic acids is 1. The molecule has 0 unspecified atom stereocenters. The Balaban J connectivity index is 2.21. The number of carbonyl (C=O) groups is 1. The van der Waals surface area contributed by atoms with Gasteiger partial charge in [0.2, 0.25) is 0 Å². The topological polar surface area (TPSA) is 45.2 Å². The summed E-state index contributed by atoms with van der Waals surface area (Å²) >= 11 is 0. The number of aromatic nitrogens is 1. The van der Waals surface area contributed by atoms with Crippen LogP contribution in [0, 0.1) is 0 Å². The van der Waals surface area contributed by atoms with Crippen LogP contribution < -0.4 is 5.32 Å². The molecule has 0 fully saturated rings. The molecular weight excluding hydrogens is 298 g/mol. The second-order valence-electron chi connectivity index (χ2n) is 5.97. The highest BCUT2D eigenvalue weighted by Crippen LogP contribution is 2.35. The largest absolute Gasteiger partial charge is 0.341 e. The summed E-state index contributed by atoms with van der Waals surface area (Å²) in [6, 6.07) is 20.0. The molecule has 0 spiro atoms. The summed E-state index contributed by atoms with van der Waals surface area (Å²) in [5.74, 6) is 0. The van der Waals surface area contributed by atoms with E-state index in [2.05, 4.69) is 16.4 Å². The summed E-state index contributed by atoms with van der Waals surface area (Å²) in [4.78, 5) is 18.7. The van der Waals surface area contributed by atoms with E-state index in [0.29, 0.717) is 0 Å². The van der Waals surface area contributed by atoms with Crippen LogP contribution in [0.5, 0.6) is 0 Å². The molecule has 122 valence electrons. The van der Waals surface area contributed by atoms with E-state index < -0.39 is 5.54 Å². The highest BCUT2D eigenvalue weighted by atomic mass is 16.2. The lowest BCUT2D eigenvalue weighted by molar-refractivity contribution is 0.168. The smallest absolute Gasteiger partial charge is 0.317 e. The number of nitrogens with one attached hydrogen (secondary N) is 1. The Morgan fingerprint density at radius 2 is 1.71 bits per heavy atom. The number of pyridine rings is 1. The van der Waals surface area contributed by atoms with Crippen LogP contribution in [0.3, 0.4) is 0 Å². The number of amides is 2. The van der Waals surface area contributed by atoms with Crippen molar-refractivity contribution in [2.24, 2.45) is 0 Å². The summed E-state index contributed by atoms with van der Waals surface area (Å²) in [5.41, 5.74) is 2.32. The Morgan fingerprint density at radius 3 is 2.42 bits per heavy atom. The first-order valence-corrected chi connectivity index (χ1v) is 7.93. The van der Waals surface area contributed by atoms with Crippen molar-refractivity contribution >= 4 is 16.9 Å². The Hall–Kier alpha value is -2.88. The lowest BCUT2D eigenvalue weighted by Gasteiger charge is -2.39. The first kappa shape index (κ1) is 16.0. The molecule has 0 aliphatic carbocycles. The van der Waals surface area contributed by atoms with Gasteiger partial charge < -0.3 is 10.2 Å². The summed E-state index contributed by atoms with van der Waals surface area (Å²) in [5, 5.41) is 3.77. The van der Waals surface area contributed by atoms with Gasteiger partial charge in [0, 0.05) is 31.2 Å². The molecule has 0 saturated heterocycles. The lowest BCUT2D eigenvalue weighted by Crippen LogP contribution is -2.49. The Labute approximate surface area is 142 Å². The van der Waals surface area contributed by atoms with E-state index in [1.54, 1.807) is 19.0 Å². The third-order valence-corrected chi connectivity index (χ3v) is 4.68. The molecule has 0 radical (unpaired) electrons. The van der Waals surface area contributed by atoms with Crippen LogP contribution in [0.2, 0.25) is 0 Å². The first-order chi connectivity index (χ1) is 11.6. The van der Waals surface area contributed by atoms with Crippen LogP contribution in [0.25, 0.3) is 10.9 Å². The molecule has 2 aromatic carbocycles. The molecular formula is C20H21N3O. The molecule has 4 heteroatoms. The molecule has 24 heavy (non-hydrogen) atoms. The summed E-state index contributed by atoms with van der Waals surface area (Å²) in [6.07, 6.45) is 1.86. The number of fused-ring (bicyclic) bond motifs is 1. The zero-order valence-corrected chi connectivity index (χ0v) is 14.2. The molecule has 3 aromatic rings. The molecule has 0 saturated carbocycles. The maximum absolute atomic E-state index is 12.4. The predicted octanol–water partition coefficient (Wildman–Crippen LogP) is 3.77. The average Bonchev–Trinajstić information content (AvgIpc) is 2.66. The highest BCUT2D eigenvalue weighted by Gasteiger charge is 2.36. The fourth-order valence-corrected chi connectivity index (χ4v) is 3.02. The molecule has 1 atom stereocenters. The van der Waals surface area contributed by atoms with E-state index in [4.69, 9.17) is 0 Å². The minimum Gasteiger partial charge on any atom is -0.341 e. The molecule has 0 aliphatic rings. The van der Waals surface area contributed by atoms with E-state index in [9.17, 15) is 4.79 Å². The third kappa shape index (κ3) is 2.60. The number of urea groups is 1. The van der Waals surface area contributed by atoms with Gasteiger partial charge >= 0.3 is 6.03 Å². The molecule has 0 bridgehead atoms. The maximum atomic E-state index is 12.4.